The maximum Gasteiger partial charge on any atom is 0.0836 e. The molecule has 0 aliphatic rings. The number of pyridine rings is 1. The van der Waals surface area contributed by atoms with Gasteiger partial charge in [-0.3, -0.25) is 4.98 Å². The zero-order valence-corrected chi connectivity index (χ0v) is 11.2. The van der Waals surface area contributed by atoms with Crippen molar-refractivity contribution >= 4 is 10.9 Å². The SMILES string of the molecule is CCC(C)c1ccc(-n2ncc3ccccc32)cn1. The molecule has 0 N–H and O–H groups in total. The highest BCUT2D eigenvalue weighted by Crippen LogP contribution is 2.20. The van der Waals surface area contributed by atoms with Gasteiger partial charge in [0.15, 0.2) is 0 Å². The van der Waals surface area contributed by atoms with Gasteiger partial charge in [-0.1, -0.05) is 32.0 Å². The summed E-state index contributed by atoms with van der Waals surface area (Å²) >= 11 is 0. The fourth-order valence-electron chi connectivity index (χ4n) is 2.20. The number of hydrogen-bond donors (Lipinski definition) is 0. The van der Waals surface area contributed by atoms with Crippen molar-refractivity contribution in [1.82, 2.24) is 14.8 Å². The Morgan fingerprint density at radius 1 is 1.11 bits per heavy atom. The van der Waals surface area contributed by atoms with Crippen LogP contribution < -0.4 is 0 Å². The molecular formula is C16H17N3. The minimum absolute atomic E-state index is 0.503. The van der Waals surface area contributed by atoms with E-state index in [1.165, 1.54) is 0 Å². The molecule has 19 heavy (non-hydrogen) atoms. The average molecular weight is 251 g/mol. The summed E-state index contributed by atoms with van der Waals surface area (Å²) in [6.07, 6.45) is 4.90. The first-order valence-corrected chi connectivity index (χ1v) is 6.68. The molecule has 0 radical (unpaired) electrons. The van der Waals surface area contributed by atoms with Gasteiger partial charge in [-0.15, -0.1) is 0 Å². The summed E-state index contributed by atoms with van der Waals surface area (Å²) in [6.45, 7) is 4.38. The summed E-state index contributed by atoms with van der Waals surface area (Å²) in [5.74, 6) is 0.503. The molecule has 96 valence electrons. The summed E-state index contributed by atoms with van der Waals surface area (Å²) in [7, 11) is 0. The molecule has 0 bridgehead atoms. The Labute approximate surface area is 112 Å². The quantitative estimate of drug-likeness (QED) is 0.706. The molecule has 2 aromatic heterocycles. The molecule has 0 amide bonds. The molecule has 0 spiro atoms. The van der Waals surface area contributed by atoms with Gasteiger partial charge in [-0.2, -0.15) is 5.10 Å². The molecule has 3 nitrogen and oxygen atoms in total. The second-order valence-corrected chi connectivity index (χ2v) is 4.87. The third-order valence-electron chi connectivity index (χ3n) is 3.61. The van der Waals surface area contributed by atoms with Crippen LogP contribution in [0.4, 0.5) is 0 Å². The monoisotopic (exact) mass is 251 g/mol. The van der Waals surface area contributed by atoms with Gasteiger partial charge in [0.05, 0.1) is 23.6 Å². The van der Waals surface area contributed by atoms with Crippen LogP contribution in [0, 0.1) is 0 Å². The number of para-hydroxylation sites is 1. The normalized spacial score (nSPS) is 12.7. The third kappa shape index (κ3) is 2.12. The van der Waals surface area contributed by atoms with E-state index >= 15 is 0 Å². The highest BCUT2D eigenvalue weighted by molar-refractivity contribution is 5.79. The lowest BCUT2D eigenvalue weighted by Crippen LogP contribution is -2.00. The van der Waals surface area contributed by atoms with Gasteiger partial charge in [0.25, 0.3) is 0 Å². The first kappa shape index (κ1) is 11.9. The van der Waals surface area contributed by atoms with Crippen molar-refractivity contribution in [2.75, 3.05) is 0 Å². The van der Waals surface area contributed by atoms with E-state index in [1.807, 2.05) is 29.2 Å². The van der Waals surface area contributed by atoms with E-state index in [0.717, 1.165) is 28.7 Å². The zero-order chi connectivity index (χ0) is 13.2. The van der Waals surface area contributed by atoms with Crippen molar-refractivity contribution in [3.05, 3.63) is 54.5 Å². The second-order valence-electron chi connectivity index (χ2n) is 4.87. The Kier molecular flexibility index (Phi) is 3.03. The fourth-order valence-corrected chi connectivity index (χ4v) is 2.20. The second kappa shape index (κ2) is 4.84. The predicted molar refractivity (Wildman–Crippen MR) is 77.6 cm³/mol. The van der Waals surface area contributed by atoms with Crippen LogP contribution in [0.15, 0.2) is 48.8 Å². The molecule has 2 heterocycles. The Bertz CT molecular complexity index is 683. The van der Waals surface area contributed by atoms with E-state index in [0.29, 0.717) is 5.92 Å². The molecule has 1 unspecified atom stereocenters. The van der Waals surface area contributed by atoms with Crippen LogP contribution in [0.25, 0.3) is 16.6 Å². The van der Waals surface area contributed by atoms with E-state index in [-0.39, 0.29) is 0 Å². The summed E-state index contributed by atoms with van der Waals surface area (Å²) in [5, 5.41) is 5.58. The smallest absolute Gasteiger partial charge is 0.0836 e. The summed E-state index contributed by atoms with van der Waals surface area (Å²) < 4.78 is 1.93. The van der Waals surface area contributed by atoms with Crippen LogP contribution >= 0.6 is 0 Å². The largest absolute Gasteiger partial charge is 0.259 e. The predicted octanol–water partition coefficient (Wildman–Crippen LogP) is 3.93. The molecule has 3 rings (SSSR count). The first-order valence-electron chi connectivity index (χ1n) is 6.68. The molecule has 0 saturated carbocycles. The number of rotatable bonds is 3. The van der Waals surface area contributed by atoms with Gasteiger partial charge in [0, 0.05) is 11.1 Å². The van der Waals surface area contributed by atoms with Crippen LogP contribution in [-0.2, 0) is 0 Å². The van der Waals surface area contributed by atoms with Crippen LogP contribution in [0.1, 0.15) is 31.9 Å². The summed E-state index contributed by atoms with van der Waals surface area (Å²) in [4.78, 5) is 4.55. The van der Waals surface area contributed by atoms with E-state index in [2.05, 4.69) is 48.2 Å². The minimum Gasteiger partial charge on any atom is -0.259 e. The number of nitrogens with zero attached hydrogens (tertiary/aromatic N) is 3. The van der Waals surface area contributed by atoms with Crippen molar-refractivity contribution in [2.45, 2.75) is 26.2 Å². The van der Waals surface area contributed by atoms with Crippen LogP contribution in [-0.4, -0.2) is 14.8 Å². The summed E-state index contributed by atoms with van der Waals surface area (Å²) in [5.41, 5.74) is 3.26. The van der Waals surface area contributed by atoms with E-state index < -0.39 is 0 Å². The van der Waals surface area contributed by atoms with E-state index in [4.69, 9.17) is 0 Å². The van der Waals surface area contributed by atoms with Crippen molar-refractivity contribution < 1.29 is 0 Å². The molecule has 1 atom stereocenters. The van der Waals surface area contributed by atoms with Gasteiger partial charge >= 0.3 is 0 Å². The molecule has 3 aromatic rings. The highest BCUT2D eigenvalue weighted by atomic mass is 15.3. The Morgan fingerprint density at radius 3 is 2.68 bits per heavy atom. The Morgan fingerprint density at radius 2 is 1.95 bits per heavy atom. The molecule has 1 aromatic carbocycles. The molecule has 0 saturated heterocycles. The first-order chi connectivity index (χ1) is 9.29. The lowest BCUT2D eigenvalue weighted by molar-refractivity contribution is 0.706. The molecule has 0 fully saturated rings. The fraction of sp³-hybridized carbons (Fsp3) is 0.250. The molecular weight excluding hydrogens is 234 g/mol. The van der Waals surface area contributed by atoms with Gasteiger partial charge in [0.1, 0.15) is 0 Å². The Balaban J connectivity index is 2.02. The van der Waals surface area contributed by atoms with Gasteiger partial charge in [-0.05, 0) is 30.5 Å². The van der Waals surface area contributed by atoms with Crippen LogP contribution in [0.3, 0.4) is 0 Å². The van der Waals surface area contributed by atoms with Gasteiger partial charge < -0.3 is 0 Å². The van der Waals surface area contributed by atoms with Crippen molar-refractivity contribution in [2.24, 2.45) is 0 Å². The van der Waals surface area contributed by atoms with E-state index in [9.17, 15) is 0 Å². The van der Waals surface area contributed by atoms with Crippen LogP contribution in [0.5, 0.6) is 0 Å². The minimum atomic E-state index is 0.503. The van der Waals surface area contributed by atoms with Crippen LogP contribution in [0.2, 0.25) is 0 Å². The highest BCUT2D eigenvalue weighted by Gasteiger charge is 2.07. The maximum absolute atomic E-state index is 4.55. The number of hydrogen-bond acceptors (Lipinski definition) is 2. The average Bonchev–Trinajstić information content (AvgIpc) is 2.90. The third-order valence-corrected chi connectivity index (χ3v) is 3.61. The lowest BCUT2D eigenvalue weighted by atomic mass is 10.0. The van der Waals surface area contributed by atoms with Crippen molar-refractivity contribution in [3.63, 3.8) is 0 Å². The molecule has 0 aliphatic heterocycles. The summed E-state index contributed by atoms with van der Waals surface area (Å²) in [6, 6.07) is 12.4. The van der Waals surface area contributed by atoms with Gasteiger partial charge in [0.2, 0.25) is 0 Å². The molecule has 3 heteroatoms. The maximum atomic E-state index is 4.55. The standard InChI is InChI=1S/C16H17N3/c1-3-12(2)15-9-8-14(11-17-15)19-16-7-5-4-6-13(16)10-18-19/h4-12H,3H2,1-2H3. The van der Waals surface area contributed by atoms with Gasteiger partial charge in [-0.25, -0.2) is 4.68 Å². The molecule has 0 aliphatic carbocycles. The number of aromatic nitrogens is 3. The zero-order valence-electron chi connectivity index (χ0n) is 11.2. The Hall–Kier alpha value is -2.16. The number of benzene rings is 1. The number of fused-ring (bicyclic) bond motifs is 1. The van der Waals surface area contributed by atoms with Crippen molar-refractivity contribution in [1.29, 1.82) is 0 Å². The van der Waals surface area contributed by atoms with Crippen molar-refractivity contribution in [3.8, 4) is 5.69 Å². The lowest BCUT2D eigenvalue weighted by Gasteiger charge is -2.09. The topological polar surface area (TPSA) is 30.7 Å². The van der Waals surface area contributed by atoms with E-state index in [1.54, 1.807) is 0 Å².